The maximum Gasteiger partial charge on any atom is 0.194 e. The maximum absolute atomic E-state index is 4.54. The van der Waals surface area contributed by atoms with E-state index in [2.05, 4.69) is 43.8 Å². The van der Waals surface area contributed by atoms with Crippen molar-refractivity contribution in [3.8, 4) is 0 Å². The van der Waals surface area contributed by atoms with Gasteiger partial charge >= 0.3 is 0 Å². The lowest BCUT2D eigenvalue weighted by Gasteiger charge is -2.42. The van der Waals surface area contributed by atoms with Crippen molar-refractivity contribution in [2.24, 2.45) is 10.4 Å². The molecule has 1 saturated heterocycles. The molecule has 2 aliphatic rings. The number of aliphatic imine (C=N–C) groups is 1. The Labute approximate surface area is 175 Å². The molecule has 1 aromatic heterocycles. The molecule has 0 amide bonds. The van der Waals surface area contributed by atoms with Crippen LogP contribution in [0.25, 0.3) is 0 Å². The molecule has 0 saturated carbocycles. The number of hydrogen-bond acceptors (Lipinski definition) is 3. The van der Waals surface area contributed by atoms with E-state index in [1.54, 1.807) is 0 Å². The van der Waals surface area contributed by atoms with E-state index >= 15 is 0 Å². The molecule has 0 aromatic carbocycles. The largest absolute Gasteiger partial charge is 0.349 e. The van der Waals surface area contributed by atoms with Gasteiger partial charge in [0.25, 0.3) is 0 Å². The van der Waals surface area contributed by atoms with E-state index in [4.69, 9.17) is 0 Å². The molecule has 6 nitrogen and oxygen atoms in total. The van der Waals surface area contributed by atoms with Crippen LogP contribution in [-0.2, 0) is 19.5 Å². The summed E-state index contributed by atoms with van der Waals surface area (Å²) < 4.78 is 2.31. The number of halogens is 1. The Morgan fingerprint density at radius 2 is 2.04 bits per heavy atom. The summed E-state index contributed by atoms with van der Waals surface area (Å²) in [6, 6.07) is 0. The number of nitrogens with one attached hydrogen (secondary N) is 1. The fourth-order valence-electron chi connectivity index (χ4n) is 4.47. The lowest BCUT2D eigenvalue weighted by Crippen LogP contribution is -2.49. The van der Waals surface area contributed by atoms with Gasteiger partial charge in [0.1, 0.15) is 5.82 Å². The molecule has 26 heavy (non-hydrogen) atoms. The number of fused-ring (bicyclic) bond motifs is 1. The van der Waals surface area contributed by atoms with E-state index in [9.17, 15) is 0 Å². The molecule has 3 heterocycles. The molecule has 1 unspecified atom stereocenters. The van der Waals surface area contributed by atoms with Crippen molar-refractivity contribution in [1.82, 2.24) is 25.0 Å². The summed E-state index contributed by atoms with van der Waals surface area (Å²) in [4.78, 5) is 6.97. The lowest BCUT2D eigenvalue weighted by molar-refractivity contribution is 0.142. The number of likely N-dealkylation sites (tertiary alicyclic amines) is 1. The van der Waals surface area contributed by atoms with Crippen LogP contribution in [0.5, 0.6) is 0 Å². The Morgan fingerprint density at radius 3 is 2.81 bits per heavy atom. The number of aromatic nitrogens is 3. The second-order valence-electron chi connectivity index (χ2n) is 7.98. The Morgan fingerprint density at radius 1 is 1.19 bits per heavy atom. The molecule has 1 fully saturated rings. The van der Waals surface area contributed by atoms with Gasteiger partial charge in [-0.1, -0.05) is 26.7 Å². The minimum absolute atomic E-state index is 0. The Bertz CT molecular complexity index is 595. The van der Waals surface area contributed by atoms with E-state index in [-0.39, 0.29) is 24.0 Å². The highest BCUT2D eigenvalue weighted by molar-refractivity contribution is 14.0. The number of nitrogens with zero attached hydrogens (tertiary/aromatic N) is 5. The quantitative estimate of drug-likeness (QED) is 0.412. The van der Waals surface area contributed by atoms with Crippen LogP contribution in [0.3, 0.4) is 0 Å². The van der Waals surface area contributed by atoms with Gasteiger partial charge in [0.2, 0.25) is 0 Å². The monoisotopic (exact) mass is 474 g/mol. The highest BCUT2D eigenvalue weighted by Crippen LogP contribution is 2.33. The first-order chi connectivity index (χ1) is 12.1. The Balaban J connectivity index is 0.00000243. The van der Waals surface area contributed by atoms with E-state index in [0.717, 1.165) is 43.7 Å². The third kappa shape index (κ3) is 5.10. The zero-order chi connectivity index (χ0) is 17.7. The second kappa shape index (κ2) is 9.90. The number of rotatable bonds is 4. The summed E-state index contributed by atoms with van der Waals surface area (Å²) in [7, 11) is 1.89. The zero-order valence-electron chi connectivity index (χ0n) is 16.6. The zero-order valence-corrected chi connectivity index (χ0v) is 19.0. The Hall–Kier alpha value is -0.860. The predicted molar refractivity (Wildman–Crippen MR) is 117 cm³/mol. The first kappa shape index (κ1) is 21.4. The van der Waals surface area contributed by atoms with E-state index < -0.39 is 0 Å². The van der Waals surface area contributed by atoms with Crippen molar-refractivity contribution < 1.29 is 0 Å². The van der Waals surface area contributed by atoms with Crippen LogP contribution in [-0.4, -0.2) is 45.8 Å². The van der Waals surface area contributed by atoms with Gasteiger partial charge in [0.05, 0.1) is 6.54 Å². The number of aryl methyl sites for hydroxylation is 1. The lowest BCUT2D eigenvalue weighted by atomic mass is 9.78. The third-order valence-corrected chi connectivity index (χ3v) is 5.74. The van der Waals surface area contributed by atoms with Gasteiger partial charge in [-0.15, -0.1) is 34.2 Å². The minimum Gasteiger partial charge on any atom is -0.349 e. The molecule has 0 aliphatic carbocycles. The van der Waals surface area contributed by atoms with Gasteiger partial charge in [-0.3, -0.25) is 4.99 Å². The summed E-state index contributed by atoms with van der Waals surface area (Å²) in [6.07, 6.45) is 9.93. The van der Waals surface area contributed by atoms with Crippen LogP contribution in [0.2, 0.25) is 0 Å². The van der Waals surface area contributed by atoms with Gasteiger partial charge < -0.3 is 14.8 Å². The average molecular weight is 474 g/mol. The molecule has 1 N–H and O–H groups in total. The van der Waals surface area contributed by atoms with E-state index in [0.29, 0.717) is 12.0 Å². The summed E-state index contributed by atoms with van der Waals surface area (Å²) in [5.74, 6) is 3.21. The van der Waals surface area contributed by atoms with Gasteiger partial charge in [-0.25, -0.2) is 0 Å². The van der Waals surface area contributed by atoms with Crippen LogP contribution >= 0.6 is 24.0 Å². The standard InChI is InChI=1S/C19H34N6.HI/c1-4-10-19(2)11-8-12-24(15-19)18(20-3)21-14-17-23-22-16-9-6-5-7-13-25(16)17;/h4-15H2,1-3H3,(H,20,21);1H. The molecule has 2 aliphatic heterocycles. The molecular weight excluding hydrogens is 439 g/mol. The van der Waals surface area contributed by atoms with Gasteiger partial charge in [-0.2, -0.15) is 0 Å². The van der Waals surface area contributed by atoms with Crippen molar-refractivity contribution in [2.75, 3.05) is 20.1 Å². The first-order valence-corrected chi connectivity index (χ1v) is 10.0. The molecule has 1 atom stereocenters. The van der Waals surface area contributed by atoms with Crippen molar-refractivity contribution in [3.05, 3.63) is 11.6 Å². The van der Waals surface area contributed by atoms with Crippen molar-refractivity contribution in [1.29, 1.82) is 0 Å². The molecule has 148 valence electrons. The van der Waals surface area contributed by atoms with Crippen LogP contribution in [0, 0.1) is 5.41 Å². The van der Waals surface area contributed by atoms with Crippen LogP contribution < -0.4 is 5.32 Å². The number of piperidine rings is 1. The molecule has 7 heteroatoms. The molecular formula is C19H35IN6. The first-order valence-electron chi connectivity index (χ1n) is 10.0. The van der Waals surface area contributed by atoms with E-state index in [1.165, 1.54) is 44.9 Å². The van der Waals surface area contributed by atoms with Crippen molar-refractivity contribution in [2.45, 2.75) is 78.3 Å². The van der Waals surface area contributed by atoms with Gasteiger partial charge in [0.15, 0.2) is 11.8 Å². The van der Waals surface area contributed by atoms with Gasteiger partial charge in [0, 0.05) is 33.1 Å². The van der Waals surface area contributed by atoms with E-state index in [1.807, 2.05) is 7.05 Å². The predicted octanol–water partition coefficient (Wildman–Crippen LogP) is 3.60. The SMILES string of the molecule is CCCC1(C)CCCN(C(=NC)NCc2nnc3n2CCCCC3)C1.I. The second-order valence-corrected chi connectivity index (χ2v) is 7.98. The van der Waals surface area contributed by atoms with Crippen molar-refractivity contribution in [3.63, 3.8) is 0 Å². The summed E-state index contributed by atoms with van der Waals surface area (Å²) in [5.41, 5.74) is 0.413. The van der Waals surface area contributed by atoms with Crippen LogP contribution in [0.4, 0.5) is 0 Å². The minimum atomic E-state index is 0. The average Bonchev–Trinajstić information content (AvgIpc) is 2.83. The molecule has 0 spiro atoms. The maximum atomic E-state index is 4.54. The highest BCUT2D eigenvalue weighted by atomic mass is 127. The molecule has 0 bridgehead atoms. The Kier molecular flexibility index (Phi) is 8.16. The third-order valence-electron chi connectivity index (χ3n) is 5.74. The smallest absolute Gasteiger partial charge is 0.194 e. The van der Waals surface area contributed by atoms with Crippen LogP contribution in [0.15, 0.2) is 4.99 Å². The molecule has 3 rings (SSSR count). The summed E-state index contributed by atoms with van der Waals surface area (Å²) >= 11 is 0. The topological polar surface area (TPSA) is 58.3 Å². The summed E-state index contributed by atoms with van der Waals surface area (Å²) in [5, 5.41) is 12.4. The fraction of sp³-hybridized carbons (Fsp3) is 0.842. The van der Waals surface area contributed by atoms with Crippen LogP contribution in [0.1, 0.15) is 70.4 Å². The molecule has 0 radical (unpaired) electrons. The fourth-order valence-corrected chi connectivity index (χ4v) is 4.47. The van der Waals surface area contributed by atoms with Gasteiger partial charge in [-0.05, 0) is 37.5 Å². The highest BCUT2D eigenvalue weighted by Gasteiger charge is 2.31. The number of guanidine groups is 1. The molecule has 1 aromatic rings. The number of hydrogen-bond donors (Lipinski definition) is 1. The summed E-state index contributed by atoms with van der Waals surface area (Å²) in [6.45, 7) is 8.66. The normalized spacial score (nSPS) is 23.8. The van der Waals surface area contributed by atoms with Crippen molar-refractivity contribution >= 4 is 29.9 Å².